The third-order valence-electron chi connectivity index (χ3n) is 3.78. The Kier molecular flexibility index (Phi) is 7.02. The monoisotopic (exact) mass is 342 g/mol. The molecule has 1 rings (SSSR count). The van der Waals surface area contributed by atoms with E-state index in [0.717, 1.165) is 12.0 Å². The van der Waals surface area contributed by atoms with Crippen LogP contribution in [0.3, 0.4) is 0 Å². The van der Waals surface area contributed by atoms with Gasteiger partial charge in [0, 0.05) is 26.1 Å². The molecule has 1 amide bonds. The standard InChI is InChI=1S/C16H26N2O4S/c1-6-13(3)18(14(4)19)10-9-17-23(20,21)16-11-12(2)7-8-15(16)22-5/h7-8,11,13,17H,6,9-10H2,1-5H3. The van der Waals surface area contributed by atoms with Crippen molar-refractivity contribution in [3.8, 4) is 5.75 Å². The van der Waals surface area contributed by atoms with Crippen LogP contribution in [0.2, 0.25) is 0 Å². The van der Waals surface area contributed by atoms with Crippen molar-refractivity contribution < 1.29 is 17.9 Å². The molecule has 23 heavy (non-hydrogen) atoms. The molecule has 0 aromatic heterocycles. The molecular formula is C16H26N2O4S. The van der Waals surface area contributed by atoms with Gasteiger partial charge in [-0.3, -0.25) is 4.79 Å². The smallest absolute Gasteiger partial charge is 0.244 e. The summed E-state index contributed by atoms with van der Waals surface area (Å²) >= 11 is 0. The first-order valence-electron chi connectivity index (χ1n) is 7.64. The molecule has 0 aliphatic carbocycles. The summed E-state index contributed by atoms with van der Waals surface area (Å²) in [5, 5.41) is 0. The minimum absolute atomic E-state index is 0.0633. The lowest BCUT2D eigenvalue weighted by Gasteiger charge is -2.27. The number of carbonyl (C=O) groups is 1. The zero-order valence-corrected chi connectivity index (χ0v) is 15.2. The number of nitrogens with one attached hydrogen (secondary N) is 1. The summed E-state index contributed by atoms with van der Waals surface area (Å²) in [6, 6.07) is 5.06. The molecule has 0 saturated heterocycles. The highest BCUT2D eigenvalue weighted by Crippen LogP contribution is 2.24. The summed E-state index contributed by atoms with van der Waals surface area (Å²) in [6.45, 7) is 7.73. The van der Waals surface area contributed by atoms with E-state index >= 15 is 0 Å². The normalized spacial score (nSPS) is 12.7. The summed E-state index contributed by atoms with van der Waals surface area (Å²) < 4.78 is 32.6. The Morgan fingerprint density at radius 1 is 1.39 bits per heavy atom. The van der Waals surface area contributed by atoms with Crippen molar-refractivity contribution >= 4 is 15.9 Å². The van der Waals surface area contributed by atoms with Gasteiger partial charge in [0.1, 0.15) is 10.6 Å². The summed E-state index contributed by atoms with van der Waals surface area (Å²) in [7, 11) is -2.26. The fourth-order valence-electron chi connectivity index (χ4n) is 2.28. The number of methoxy groups -OCH3 is 1. The van der Waals surface area contributed by atoms with E-state index in [4.69, 9.17) is 4.74 Å². The number of nitrogens with zero attached hydrogens (tertiary/aromatic N) is 1. The average molecular weight is 342 g/mol. The first-order chi connectivity index (χ1) is 10.7. The molecule has 0 aliphatic heterocycles. The molecule has 0 saturated carbocycles. The van der Waals surface area contributed by atoms with Crippen molar-refractivity contribution in [1.82, 2.24) is 9.62 Å². The molecule has 0 radical (unpaired) electrons. The number of hydrogen-bond acceptors (Lipinski definition) is 4. The van der Waals surface area contributed by atoms with E-state index in [1.807, 2.05) is 20.8 Å². The van der Waals surface area contributed by atoms with Crippen molar-refractivity contribution in [3.05, 3.63) is 23.8 Å². The number of rotatable bonds is 8. The van der Waals surface area contributed by atoms with Crippen molar-refractivity contribution in [3.63, 3.8) is 0 Å². The Bertz CT molecular complexity index is 643. The maximum Gasteiger partial charge on any atom is 0.244 e. The molecule has 1 aromatic rings. The fraction of sp³-hybridized carbons (Fsp3) is 0.562. The molecule has 0 bridgehead atoms. The predicted molar refractivity (Wildman–Crippen MR) is 90.1 cm³/mol. The number of carbonyl (C=O) groups excluding carboxylic acids is 1. The third-order valence-corrected chi connectivity index (χ3v) is 5.26. The van der Waals surface area contributed by atoms with Crippen LogP contribution in [-0.4, -0.2) is 45.5 Å². The van der Waals surface area contributed by atoms with Crippen LogP contribution in [0.5, 0.6) is 5.75 Å². The van der Waals surface area contributed by atoms with E-state index < -0.39 is 10.0 Å². The lowest BCUT2D eigenvalue weighted by Crippen LogP contribution is -2.42. The molecule has 0 aliphatic rings. The van der Waals surface area contributed by atoms with Gasteiger partial charge in [-0.2, -0.15) is 0 Å². The molecule has 1 unspecified atom stereocenters. The van der Waals surface area contributed by atoms with Gasteiger partial charge < -0.3 is 9.64 Å². The predicted octanol–water partition coefficient (Wildman–Crippen LogP) is 1.93. The second-order valence-corrected chi connectivity index (χ2v) is 7.26. The Morgan fingerprint density at radius 2 is 2.04 bits per heavy atom. The van der Waals surface area contributed by atoms with Crippen molar-refractivity contribution in [2.24, 2.45) is 0 Å². The van der Waals surface area contributed by atoms with Crippen molar-refractivity contribution in [2.45, 2.75) is 45.1 Å². The van der Waals surface area contributed by atoms with Gasteiger partial charge >= 0.3 is 0 Å². The third kappa shape index (κ3) is 5.21. The fourth-order valence-corrected chi connectivity index (χ4v) is 3.55. The number of sulfonamides is 1. The lowest BCUT2D eigenvalue weighted by molar-refractivity contribution is -0.130. The molecule has 1 atom stereocenters. The molecule has 1 N–H and O–H groups in total. The zero-order chi connectivity index (χ0) is 17.6. The molecule has 0 spiro atoms. The second kappa shape index (κ2) is 8.31. The summed E-state index contributed by atoms with van der Waals surface area (Å²) in [5.74, 6) is 0.236. The van der Waals surface area contributed by atoms with Crippen LogP contribution in [0, 0.1) is 6.92 Å². The maximum atomic E-state index is 12.5. The van der Waals surface area contributed by atoms with Gasteiger partial charge in [0.25, 0.3) is 0 Å². The van der Waals surface area contributed by atoms with E-state index in [9.17, 15) is 13.2 Å². The van der Waals surface area contributed by atoms with Crippen molar-refractivity contribution in [1.29, 1.82) is 0 Å². The highest BCUT2D eigenvalue weighted by Gasteiger charge is 2.21. The zero-order valence-electron chi connectivity index (χ0n) is 14.4. The van der Waals surface area contributed by atoms with Gasteiger partial charge in [-0.25, -0.2) is 13.1 Å². The van der Waals surface area contributed by atoms with Crippen molar-refractivity contribution in [2.75, 3.05) is 20.2 Å². The SMILES string of the molecule is CCC(C)N(CCNS(=O)(=O)c1cc(C)ccc1OC)C(C)=O. The number of amides is 1. The molecule has 1 aromatic carbocycles. The van der Waals surface area contributed by atoms with Crippen LogP contribution in [-0.2, 0) is 14.8 Å². The van der Waals surface area contributed by atoms with Crippen LogP contribution in [0.1, 0.15) is 32.8 Å². The maximum absolute atomic E-state index is 12.5. The highest BCUT2D eigenvalue weighted by molar-refractivity contribution is 7.89. The molecule has 6 nitrogen and oxygen atoms in total. The van der Waals surface area contributed by atoms with Gasteiger partial charge in [-0.1, -0.05) is 13.0 Å². The van der Waals surface area contributed by atoms with E-state index in [0.29, 0.717) is 12.3 Å². The largest absolute Gasteiger partial charge is 0.495 e. The quantitative estimate of drug-likeness (QED) is 0.783. The first kappa shape index (κ1) is 19.4. The minimum Gasteiger partial charge on any atom is -0.495 e. The molecular weight excluding hydrogens is 316 g/mol. The van der Waals surface area contributed by atoms with E-state index in [1.165, 1.54) is 14.0 Å². The number of ether oxygens (including phenoxy) is 1. The van der Waals surface area contributed by atoms with Crippen LogP contribution in [0.4, 0.5) is 0 Å². The topological polar surface area (TPSA) is 75.7 Å². The van der Waals surface area contributed by atoms with E-state index in [2.05, 4.69) is 4.72 Å². The van der Waals surface area contributed by atoms with Crippen LogP contribution < -0.4 is 9.46 Å². The lowest BCUT2D eigenvalue weighted by atomic mass is 10.2. The summed E-state index contributed by atoms with van der Waals surface area (Å²) in [5.41, 5.74) is 0.830. The van der Waals surface area contributed by atoms with Gasteiger partial charge in [0.2, 0.25) is 15.9 Å². The molecule has 0 heterocycles. The van der Waals surface area contributed by atoms with E-state index in [-0.39, 0.29) is 23.4 Å². The van der Waals surface area contributed by atoms with Gasteiger partial charge in [-0.05, 0) is 38.0 Å². The van der Waals surface area contributed by atoms with Crippen LogP contribution in [0.15, 0.2) is 23.1 Å². The average Bonchev–Trinajstić information content (AvgIpc) is 2.50. The number of hydrogen-bond donors (Lipinski definition) is 1. The molecule has 7 heteroatoms. The minimum atomic E-state index is -3.69. The number of aryl methyl sites for hydroxylation is 1. The summed E-state index contributed by atoms with van der Waals surface area (Å²) in [6.07, 6.45) is 0.817. The Hall–Kier alpha value is -1.60. The second-order valence-electron chi connectivity index (χ2n) is 5.52. The Labute approximate surface area is 138 Å². The van der Waals surface area contributed by atoms with Gasteiger partial charge in [0.05, 0.1) is 7.11 Å². The Balaban J connectivity index is 2.84. The highest BCUT2D eigenvalue weighted by atomic mass is 32.2. The molecule has 130 valence electrons. The molecule has 0 fully saturated rings. The van der Waals surface area contributed by atoms with E-state index in [1.54, 1.807) is 23.1 Å². The van der Waals surface area contributed by atoms with Gasteiger partial charge in [-0.15, -0.1) is 0 Å². The Morgan fingerprint density at radius 3 is 2.57 bits per heavy atom. The van der Waals surface area contributed by atoms with Crippen LogP contribution >= 0.6 is 0 Å². The first-order valence-corrected chi connectivity index (χ1v) is 9.12. The summed E-state index contributed by atoms with van der Waals surface area (Å²) in [4.78, 5) is 13.4. The number of benzene rings is 1. The van der Waals surface area contributed by atoms with Gasteiger partial charge in [0.15, 0.2) is 0 Å². The van der Waals surface area contributed by atoms with Crippen LogP contribution in [0.25, 0.3) is 0 Å².